The fourth-order valence-electron chi connectivity index (χ4n) is 3.75. The van der Waals surface area contributed by atoms with Crippen molar-refractivity contribution in [2.45, 2.75) is 23.3 Å². The van der Waals surface area contributed by atoms with Crippen LogP contribution in [0, 0.1) is 11.7 Å². The number of halogens is 1. The van der Waals surface area contributed by atoms with Crippen LogP contribution < -0.4 is 10.5 Å². The summed E-state index contributed by atoms with van der Waals surface area (Å²) in [6.45, 7) is 0. The summed E-state index contributed by atoms with van der Waals surface area (Å²) in [5.74, 6) is 0.130. The molecule has 0 aromatic heterocycles. The molecule has 3 unspecified atom stereocenters. The van der Waals surface area contributed by atoms with Crippen LogP contribution >= 0.6 is 0 Å². The second kappa shape index (κ2) is 5.43. The number of nitrogens with one attached hydrogen (secondary N) is 1. The van der Waals surface area contributed by atoms with Crippen LogP contribution in [0.25, 0.3) is 0 Å². The van der Waals surface area contributed by atoms with Gasteiger partial charge in [0.1, 0.15) is 5.82 Å². The van der Waals surface area contributed by atoms with Crippen LogP contribution in [0.5, 0.6) is 0 Å². The number of hydrogen-bond donors (Lipinski definition) is 2. The van der Waals surface area contributed by atoms with E-state index in [1.165, 1.54) is 18.2 Å². The van der Waals surface area contributed by atoms with Gasteiger partial charge in [-0.15, -0.1) is 0 Å². The topological polar surface area (TPSA) is 72.2 Å². The molecule has 1 aliphatic heterocycles. The summed E-state index contributed by atoms with van der Waals surface area (Å²) in [6, 6.07) is 11.5. The highest BCUT2D eigenvalue weighted by Gasteiger charge is 2.38. The molecule has 0 saturated heterocycles. The third kappa shape index (κ3) is 2.52. The van der Waals surface area contributed by atoms with Gasteiger partial charge in [0.25, 0.3) is 0 Å². The number of sulfonamides is 1. The van der Waals surface area contributed by atoms with Crippen molar-refractivity contribution in [3.8, 4) is 0 Å². The fourth-order valence-corrected chi connectivity index (χ4v) is 4.30. The lowest BCUT2D eigenvalue weighted by Gasteiger charge is -2.37. The molecule has 3 N–H and O–H groups in total. The van der Waals surface area contributed by atoms with E-state index in [0.717, 1.165) is 23.2 Å². The third-order valence-electron chi connectivity index (χ3n) is 4.89. The molecule has 1 heterocycles. The molecule has 2 aromatic rings. The van der Waals surface area contributed by atoms with E-state index in [9.17, 15) is 12.8 Å². The van der Waals surface area contributed by atoms with Crippen molar-refractivity contribution < 1.29 is 12.8 Å². The molecule has 2 aliphatic rings. The molecule has 0 radical (unpaired) electrons. The minimum Gasteiger partial charge on any atom is -0.378 e. The molecular weight excluding hydrogens is 327 g/mol. The van der Waals surface area contributed by atoms with Gasteiger partial charge in [0.2, 0.25) is 10.0 Å². The summed E-state index contributed by atoms with van der Waals surface area (Å²) in [5, 5.41) is 8.74. The Morgan fingerprint density at radius 3 is 2.58 bits per heavy atom. The highest BCUT2D eigenvalue weighted by molar-refractivity contribution is 7.89. The van der Waals surface area contributed by atoms with E-state index in [2.05, 4.69) is 17.5 Å². The summed E-state index contributed by atoms with van der Waals surface area (Å²) in [7, 11) is -3.73. The van der Waals surface area contributed by atoms with Gasteiger partial charge in [0.15, 0.2) is 0 Å². The summed E-state index contributed by atoms with van der Waals surface area (Å²) in [6.07, 6.45) is 5.12. The Hall–Kier alpha value is -2.18. The van der Waals surface area contributed by atoms with Crippen LogP contribution in [0.15, 0.2) is 59.5 Å². The minimum atomic E-state index is -3.73. The lowest BCUT2D eigenvalue weighted by Crippen LogP contribution is -2.29. The molecule has 1 aliphatic carbocycles. The first-order valence-electron chi connectivity index (χ1n) is 7.79. The lowest BCUT2D eigenvalue weighted by molar-refractivity contribution is 0.424. The molecule has 24 heavy (non-hydrogen) atoms. The van der Waals surface area contributed by atoms with Crippen LogP contribution in [-0.2, 0) is 10.0 Å². The molecule has 4 rings (SSSR count). The minimum absolute atomic E-state index is 0.0541. The van der Waals surface area contributed by atoms with Gasteiger partial charge in [-0.2, -0.15) is 0 Å². The largest absolute Gasteiger partial charge is 0.378 e. The molecule has 124 valence electrons. The molecule has 0 saturated carbocycles. The van der Waals surface area contributed by atoms with E-state index < -0.39 is 10.0 Å². The smallest absolute Gasteiger partial charge is 0.238 e. The van der Waals surface area contributed by atoms with E-state index >= 15 is 0 Å². The van der Waals surface area contributed by atoms with Gasteiger partial charge in [-0.05, 0) is 53.8 Å². The van der Waals surface area contributed by atoms with Crippen LogP contribution in [0.3, 0.4) is 0 Å². The number of fused-ring (bicyclic) bond motifs is 3. The number of anilines is 1. The van der Waals surface area contributed by atoms with Crippen molar-refractivity contribution in [1.82, 2.24) is 0 Å². The average molecular weight is 344 g/mol. The molecule has 0 fully saturated rings. The van der Waals surface area contributed by atoms with E-state index in [1.54, 1.807) is 24.3 Å². The van der Waals surface area contributed by atoms with Crippen molar-refractivity contribution in [2.75, 3.05) is 5.32 Å². The molecule has 0 spiro atoms. The molecule has 6 heteroatoms. The first kappa shape index (κ1) is 15.4. The Morgan fingerprint density at radius 1 is 1.12 bits per heavy atom. The molecule has 4 nitrogen and oxygen atoms in total. The van der Waals surface area contributed by atoms with Crippen molar-refractivity contribution in [3.05, 3.63) is 71.6 Å². The molecule has 3 atom stereocenters. The summed E-state index contributed by atoms with van der Waals surface area (Å²) in [4.78, 5) is 0.127. The molecule has 0 amide bonds. The van der Waals surface area contributed by atoms with Gasteiger partial charge < -0.3 is 5.32 Å². The maximum Gasteiger partial charge on any atom is 0.238 e. The van der Waals surface area contributed by atoms with E-state index in [4.69, 9.17) is 5.14 Å². The van der Waals surface area contributed by atoms with E-state index in [0.29, 0.717) is 0 Å². The zero-order chi connectivity index (χ0) is 16.9. The predicted molar refractivity (Wildman–Crippen MR) is 90.6 cm³/mol. The Labute approximate surface area is 140 Å². The highest BCUT2D eigenvalue weighted by Crippen LogP contribution is 2.50. The van der Waals surface area contributed by atoms with Gasteiger partial charge in [-0.1, -0.05) is 24.3 Å². The highest BCUT2D eigenvalue weighted by atomic mass is 32.2. The van der Waals surface area contributed by atoms with Gasteiger partial charge in [-0.3, -0.25) is 0 Å². The molecule has 2 aromatic carbocycles. The number of benzene rings is 2. The van der Waals surface area contributed by atoms with Crippen molar-refractivity contribution in [2.24, 2.45) is 11.1 Å². The van der Waals surface area contributed by atoms with Crippen LogP contribution in [-0.4, -0.2) is 8.42 Å². The SMILES string of the molecule is NS(=O)(=O)c1ccc2c(c1)C1C=CCC1C(c1ccc(F)cc1)N2. The number of rotatable bonds is 2. The van der Waals surface area contributed by atoms with E-state index in [-0.39, 0.29) is 28.6 Å². The summed E-state index contributed by atoms with van der Waals surface area (Å²) in [5.41, 5.74) is 2.86. The zero-order valence-corrected chi connectivity index (χ0v) is 13.6. The maximum atomic E-state index is 13.2. The molecular formula is C18H17FN2O2S. The van der Waals surface area contributed by atoms with Gasteiger partial charge in [0, 0.05) is 11.6 Å². The van der Waals surface area contributed by atoms with Crippen molar-refractivity contribution in [1.29, 1.82) is 0 Å². The van der Waals surface area contributed by atoms with Crippen LogP contribution in [0.2, 0.25) is 0 Å². The third-order valence-corrected chi connectivity index (χ3v) is 5.80. The number of primary sulfonamides is 1. The van der Waals surface area contributed by atoms with Gasteiger partial charge >= 0.3 is 0 Å². The second-order valence-corrected chi connectivity index (χ2v) is 7.88. The first-order valence-corrected chi connectivity index (χ1v) is 9.33. The first-order chi connectivity index (χ1) is 11.4. The van der Waals surface area contributed by atoms with Crippen molar-refractivity contribution >= 4 is 15.7 Å². The summed E-state index contributed by atoms with van der Waals surface area (Å²) >= 11 is 0. The number of nitrogens with two attached hydrogens (primary N) is 1. The Kier molecular flexibility index (Phi) is 3.47. The van der Waals surface area contributed by atoms with Crippen LogP contribution in [0.1, 0.15) is 29.5 Å². The predicted octanol–water partition coefficient (Wildman–Crippen LogP) is 3.30. The Balaban J connectivity index is 1.79. The number of allylic oxidation sites excluding steroid dienone is 2. The van der Waals surface area contributed by atoms with Crippen molar-refractivity contribution in [3.63, 3.8) is 0 Å². The molecule has 0 bridgehead atoms. The second-order valence-electron chi connectivity index (χ2n) is 6.32. The Bertz CT molecular complexity index is 923. The quantitative estimate of drug-likeness (QED) is 0.821. The zero-order valence-electron chi connectivity index (χ0n) is 12.8. The Morgan fingerprint density at radius 2 is 1.88 bits per heavy atom. The lowest BCUT2D eigenvalue weighted by atomic mass is 9.77. The number of hydrogen-bond acceptors (Lipinski definition) is 3. The average Bonchev–Trinajstić information content (AvgIpc) is 3.03. The van der Waals surface area contributed by atoms with E-state index in [1.807, 2.05) is 0 Å². The van der Waals surface area contributed by atoms with Gasteiger partial charge in [-0.25, -0.2) is 17.9 Å². The van der Waals surface area contributed by atoms with Gasteiger partial charge in [0.05, 0.1) is 10.9 Å². The standard InChI is InChI=1S/C18H17FN2O2S/c19-12-6-4-11(5-7-12)18-15-3-1-2-14(15)16-10-13(24(20,22)23)8-9-17(16)21-18/h1-2,4-10,14-15,18,21H,3H2,(H2,20,22,23). The monoisotopic (exact) mass is 344 g/mol. The summed E-state index contributed by atoms with van der Waals surface area (Å²) < 4.78 is 36.5. The maximum absolute atomic E-state index is 13.2. The normalized spacial score (nSPS) is 25.0. The fraction of sp³-hybridized carbons (Fsp3) is 0.222. The van der Waals surface area contributed by atoms with Crippen LogP contribution in [0.4, 0.5) is 10.1 Å².